The van der Waals surface area contributed by atoms with Crippen molar-refractivity contribution in [3.8, 4) is 0 Å². The standard InChI is InChI=1S/C15H10BrNO3S/c16-11-4-5-12-10(7-15(18)20-13(12)8-11)9-21-14-3-1-2-6-17(14)19/h1-8H,9H2. The Labute approximate surface area is 133 Å². The van der Waals surface area contributed by atoms with Gasteiger partial charge in [0.2, 0.25) is 0 Å². The molecular weight excluding hydrogens is 354 g/mol. The van der Waals surface area contributed by atoms with Crippen LogP contribution >= 0.6 is 27.7 Å². The van der Waals surface area contributed by atoms with E-state index in [1.54, 1.807) is 18.2 Å². The Morgan fingerprint density at radius 2 is 2.10 bits per heavy atom. The van der Waals surface area contributed by atoms with Crippen LogP contribution in [0.4, 0.5) is 0 Å². The summed E-state index contributed by atoms with van der Waals surface area (Å²) in [6.07, 6.45) is 1.46. The van der Waals surface area contributed by atoms with Crippen molar-refractivity contribution in [2.75, 3.05) is 0 Å². The first-order valence-electron chi connectivity index (χ1n) is 6.17. The number of pyridine rings is 1. The third-order valence-electron chi connectivity index (χ3n) is 2.96. The molecule has 3 aromatic rings. The lowest BCUT2D eigenvalue weighted by molar-refractivity contribution is -0.645. The Hall–Kier alpha value is -1.79. The van der Waals surface area contributed by atoms with Crippen molar-refractivity contribution in [1.82, 2.24) is 0 Å². The molecule has 0 aliphatic rings. The third kappa shape index (κ3) is 3.11. The molecule has 0 saturated carbocycles. The lowest BCUT2D eigenvalue weighted by atomic mass is 10.1. The first-order chi connectivity index (χ1) is 10.1. The number of nitrogens with zero attached hydrogens (tertiary/aromatic N) is 1. The largest absolute Gasteiger partial charge is 0.618 e. The Bertz CT molecular complexity index is 863. The fourth-order valence-electron chi connectivity index (χ4n) is 2.00. The summed E-state index contributed by atoms with van der Waals surface area (Å²) in [5, 5.41) is 13.1. The number of thioether (sulfide) groups is 1. The highest BCUT2D eigenvalue weighted by molar-refractivity contribution is 9.10. The lowest BCUT2D eigenvalue weighted by Crippen LogP contribution is -2.27. The highest BCUT2D eigenvalue weighted by atomic mass is 79.9. The quantitative estimate of drug-likeness (QED) is 0.309. The molecule has 4 nitrogen and oxygen atoms in total. The second-order valence-electron chi connectivity index (χ2n) is 4.38. The Balaban J connectivity index is 1.97. The highest BCUT2D eigenvalue weighted by Gasteiger charge is 2.10. The maximum atomic E-state index is 11.6. The minimum atomic E-state index is -0.390. The zero-order chi connectivity index (χ0) is 14.8. The van der Waals surface area contributed by atoms with Crippen LogP contribution in [0.2, 0.25) is 0 Å². The molecule has 0 spiro atoms. The molecule has 0 bridgehead atoms. The summed E-state index contributed by atoms with van der Waals surface area (Å²) < 4.78 is 6.86. The summed E-state index contributed by atoms with van der Waals surface area (Å²) in [7, 11) is 0. The summed E-state index contributed by atoms with van der Waals surface area (Å²) in [4.78, 5) is 11.6. The molecule has 0 saturated heterocycles. The normalized spacial score (nSPS) is 10.9. The fourth-order valence-corrected chi connectivity index (χ4v) is 3.24. The molecule has 0 amide bonds. The van der Waals surface area contributed by atoms with Crippen molar-refractivity contribution in [1.29, 1.82) is 0 Å². The van der Waals surface area contributed by atoms with Gasteiger partial charge in [-0.2, -0.15) is 4.73 Å². The maximum Gasteiger partial charge on any atom is 0.336 e. The van der Waals surface area contributed by atoms with Crippen LogP contribution in [0.3, 0.4) is 0 Å². The van der Waals surface area contributed by atoms with Crippen LogP contribution in [-0.4, -0.2) is 0 Å². The molecule has 3 rings (SSSR count). The predicted octanol–water partition coefficient (Wildman–Crippen LogP) is 3.48. The van der Waals surface area contributed by atoms with Gasteiger partial charge in [-0.25, -0.2) is 4.79 Å². The number of rotatable bonds is 3. The SMILES string of the molecule is O=c1cc(CSc2cccc[n+]2[O-])c2ccc(Br)cc2o1. The van der Waals surface area contributed by atoms with Crippen molar-refractivity contribution < 1.29 is 9.15 Å². The van der Waals surface area contributed by atoms with Crippen molar-refractivity contribution in [2.24, 2.45) is 0 Å². The molecule has 0 atom stereocenters. The molecule has 0 radical (unpaired) electrons. The molecule has 0 N–H and O–H groups in total. The molecule has 0 unspecified atom stereocenters. The summed E-state index contributed by atoms with van der Waals surface area (Å²) in [5.74, 6) is 0.524. The van der Waals surface area contributed by atoms with E-state index < -0.39 is 0 Å². The van der Waals surface area contributed by atoms with Gasteiger partial charge in [0.05, 0.1) is 0 Å². The second-order valence-corrected chi connectivity index (χ2v) is 6.30. The van der Waals surface area contributed by atoms with E-state index in [-0.39, 0.29) is 5.63 Å². The van der Waals surface area contributed by atoms with Crippen LogP contribution in [0.1, 0.15) is 5.56 Å². The number of aromatic nitrogens is 1. The van der Waals surface area contributed by atoms with Gasteiger partial charge in [-0.15, -0.1) is 0 Å². The van der Waals surface area contributed by atoms with Crippen LogP contribution < -0.4 is 10.4 Å². The molecule has 106 valence electrons. The number of fused-ring (bicyclic) bond motifs is 1. The van der Waals surface area contributed by atoms with Crippen LogP contribution in [0.25, 0.3) is 11.0 Å². The van der Waals surface area contributed by atoms with Crippen LogP contribution in [0, 0.1) is 5.21 Å². The number of hydrogen-bond acceptors (Lipinski definition) is 4. The zero-order valence-corrected chi connectivity index (χ0v) is 13.2. The zero-order valence-electron chi connectivity index (χ0n) is 10.8. The monoisotopic (exact) mass is 363 g/mol. The number of halogens is 1. The van der Waals surface area contributed by atoms with E-state index in [0.29, 0.717) is 16.4 Å². The molecule has 21 heavy (non-hydrogen) atoms. The second kappa shape index (κ2) is 5.91. The topological polar surface area (TPSA) is 57.1 Å². The van der Waals surface area contributed by atoms with Gasteiger partial charge < -0.3 is 9.62 Å². The Morgan fingerprint density at radius 1 is 1.24 bits per heavy atom. The first kappa shape index (κ1) is 14.2. The Morgan fingerprint density at radius 3 is 2.90 bits per heavy atom. The van der Waals surface area contributed by atoms with E-state index in [1.807, 2.05) is 18.2 Å². The smallest absolute Gasteiger partial charge is 0.336 e. The van der Waals surface area contributed by atoms with Crippen molar-refractivity contribution in [2.45, 2.75) is 10.8 Å². The molecule has 1 aromatic carbocycles. The average Bonchev–Trinajstić information content (AvgIpc) is 2.45. The van der Waals surface area contributed by atoms with E-state index in [2.05, 4.69) is 15.9 Å². The van der Waals surface area contributed by atoms with Crippen molar-refractivity contribution >= 4 is 38.7 Å². The molecule has 2 aromatic heterocycles. The summed E-state index contributed by atoms with van der Waals surface area (Å²) in [6, 6.07) is 12.3. The predicted molar refractivity (Wildman–Crippen MR) is 85.1 cm³/mol. The molecule has 0 aliphatic carbocycles. The van der Waals surface area contributed by atoms with Crippen LogP contribution in [0.15, 0.2) is 67.4 Å². The average molecular weight is 364 g/mol. The Kier molecular flexibility index (Phi) is 3.98. The number of benzene rings is 1. The van der Waals surface area contributed by atoms with Gasteiger partial charge in [0, 0.05) is 33.8 Å². The summed E-state index contributed by atoms with van der Waals surface area (Å²) >= 11 is 4.74. The van der Waals surface area contributed by atoms with Gasteiger partial charge in [-0.3, -0.25) is 0 Å². The lowest BCUT2D eigenvalue weighted by Gasteiger charge is -2.06. The highest BCUT2D eigenvalue weighted by Crippen LogP contribution is 2.26. The molecular formula is C15H10BrNO3S. The van der Waals surface area contributed by atoms with Gasteiger partial charge in [-0.05, 0) is 29.8 Å². The minimum Gasteiger partial charge on any atom is -0.618 e. The van der Waals surface area contributed by atoms with E-state index in [1.165, 1.54) is 24.0 Å². The molecule has 0 aliphatic heterocycles. The van der Waals surface area contributed by atoms with E-state index >= 15 is 0 Å². The minimum absolute atomic E-state index is 0.390. The molecule has 0 fully saturated rings. The third-order valence-corrected chi connectivity index (χ3v) is 4.52. The number of hydrogen-bond donors (Lipinski definition) is 0. The van der Waals surface area contributed by atoms with Crippen LogP contribution in [0.5, 0.6) is 0 Å². The van der Waals surface area contributed by atoms with Gasteiger partial charge in [0.1, 0.15) is 5.58 Å². The molecule has 6 heteroatoms. The van der Waals surface area contributed by atoms with Crippen molar-refractivity contribution in [3.63, 3.8) is 0 Å². The van der Waals surface area contributed by atoms with E-state index in [0.717, 1.165) is 20.2 Å². The van der Waals surface area contributed by atoms with Crippen LogP contribution in [-0.2, 0) is 5.75 Å². The van der Waals surface area contributed by atoms with Gasteiger partial charge in [-0.1, -0.05) is 27.7 Å². The fraction of sp³-hybridized carbons (Fsp3) is 0.0667. The first-order valence-corrected chi connectivity index (χ1v) is 7.94. The van der Waals surface area contributed by atoms with Gasteiger partial charge >= 0.3 is 5.63 Å². The van der Waals surface area contributed by atoms with Gasteiger partial charge in [0.15, 0.2) is 6.20 Å². The van der Waals surface area contributed by atoms with E-state index in [9.17, 15) is 10.0 Å². The van der Waals surface area contributed by atoms with Crippen molar-refractivity contribution in [3.05, 3.63) is 74.3 Å². The molecule has 2 heterocycles. The van der Waals surface area contributed by atoms with Gasteiger partial charge in [0.25, 0.3) is 5.03 Å². The summed E-state index contributed by atoms with van der Waals surface area (Å²) in [6.45, 7) is 0. The maximum absolute atomic E-state index is 11.6. The summed E-state index contributed by atoms with van der Waals surface area (Å²) in [5.41, 5.74) is 0.998. The van der Waals surface area contributed by atoms with E-state index in [4.69, 9.17) is 4.42 Å².